The van der Waals surface area contributed by atoms with Gasteiger partial charge in [-0.25, -0.2) is 0 Å². The molecule has 0 aliphatic heterocycles. The highest BCUT2D eigenvalue weighted by atomic mass is 16.3. The number of allylic oxidation sites excluding steroid dienone is 3. The van der Waals surface area contributed by atoms with Gasteiger partial charge in [0, 0.05) is 13.0 Å². The number of carbonyl (C=O) groups excluding carboxylic acids is 1. The first-order valence-corrected chi connectivity index (χ1v) is 10.6. The molecule has 148 valence electrons. The Bertz CT molecular complexity index is 734. The standard InChI is InChI=1S/C24H34O3/c1-15-16(2)21-18(22(3)10-6-17(26)14-20(15)22)7-11-23(4)19(21)8-12-24(23,27)9-5-13-25/h14,18-19,21,25,27H,1-2,5-13H2,3-4H3/t18-,19+,21-,22-,23+,24?/m1/s1. The van der Waals surface area contributed by atoms with Gasteiger partial charge in [0.2, 0.25) is 0 Å². The van der Waals surface area contributed by atoms with Gasteiger partial charge in [0.1, 0.15) is 0 Å². The van der Waals surface area contributed by atoms with Gasteiger partial charge in [0.25, 0.3) is 0 Å². The quantitative estimate of drug-likeness (QED) is 0.776. The van der Waals surface area contributed by atoms with Gasteiger partial charge in [-0.2, -0.15) is 0 Å². The zero-order valence-electron chi connectivity index (χ0n) is 16.9. The number of fused-ring (bicyclic) bond motifs is 5. The lowest BCUT2D eigenvalue weighted by atomic mass is 9.44. The number of hydrogen-bond donors (Lipinski definition) is 2. The molecule has 0 aromatic rings. The Balaban J connectivity index is 1.73. The van der Waals surface area contributed by atoms with Crippen LogP contribution in [0.25, 0.3) is 0 Å². The molecule has 4 rings (SSSR count). The van der Waals surface area contributed by atoms with Crippen molar-refractivity contribution in [3.8, 4) is 0 Å². The molecular formula is C24H34O3. The summed E-state index contributed by atoms with van der Waals surface area (Å²) in [5, 5.41) is 20.8. The van der Waals surface area contributed by atoms with E-state index in [1.807, 2.05) is 6.08 Å². The smallest absolute Gasteiger partial charge is 0.156 e. The first kappa shape index (κ1) is 19.1. The van der Waals surface area contributed by atoms with Gasteiger partial charge < -0.3 is 10.2 Å². The van der Waals surface area contributed by atoms with Crippen molar-refractivity contribution >= 4 is 5.78 Å². The van der Waals surface area contributed by atoms with Crippen molar-refractivity contribution in [2.24, 2.45) is 28.6 Å². The summed E-state index contributed by atoms with van der Waals surface area (Å²) < 4.78 is 0. The molecule has 3 heteroatoms. The minimum atomic E-state index is -0.688. The topological polar surface area (TPSA) is 57.5 Å². The van der Waals surface area contributed by atoms with Crippen molar-refractivity contribution in [3.05, 3.63) is 36.0 Å². The molecule has 0 aromatic carbocycles. The summed E-state index contributed by atoms with van der Waals surface area (Å²) >= 11 is 0. The molecule has 3 fully saturated rings. The highest BCUT2D eigenvalue weighted by Gasteiger charge is 2.64. The van der Waals surface area contributed by atoms with E-state index in [1.165, 1.54) is 0 Å². The fraction of sp³-hybridized carbons (Fsp3) is 0.708. The maximum absolute atomic E-state index is 12.1. The molecule has 3 saturated carbocycles. The summed E-state index contributed by atoms with van der Waals surface area (Å²) in [6.07, 6.45) is 8.62. The van der Waals surface area contributed by atoms with E-state index < -0.39 is 5.60 Å². The van der Waals surface area contributed by atoms with Crippen LogP contribution in [-0.2, 0) is 4.79 Å². The second kappa shape index (κ2) is 6.15. The predicted octanol–water partition coefficient (Wildman–Crippen LogP) is 4.35. The van der Waals surface area contributed by atoms with Crippen LogP contribution in [0, 0.1) is 28.6 Å². The molecule has 0 radical (unpaired) electrons. The normalized spacial score (nSPS) is 46.6. The van der Waals surface area contributed by atoms with Crippen LogP contribution in [0.4, 0.5) is 0 Å². The summed E-state index contributed by atoms with van der Waals surface area (Å²) in [4.78, 5) is 12.1. The third-order valence-corrected chi connectivity index (χ3v) is 9.09. The number of ketones is 1. The van der Waals surface area contributed by atoms with Crippen molar-refractivity contribution in [1.29, 1.82) is 0 Å². The Morgan fingerprint density at radius 1 is 1.15 bits per heavy atom. The monoisotopic (exact) mass is 370 g/mol. The molecule has 3 nitrogen and oxygen atoms in total. The second-order valence-electron chi connectivity index (χ2n) is 10.0. The van der Waals surface area contributed by atoms with E-state index in [0.29, 0.717) is 37.0 Å². The van der Waals surface area contributed by atoms with Crippen molar-refractivity contribution in [2.75, 3.05) is 6.61 Å². The Morgan fingerprint density at radius 3 is 2.56 bits per heavy atom. The van der Waals surface area contributed by atoms with Gasteiger partial charge in [-0.15, -0.1) is 0 Å². The van der Waals surface area contributed by atoms with Crippen LogP contribution in [0.2, 0.25) is 0 Å². The second-order valence-corrected chi connectivity index (χ2v) is 10.0. The molecule has 0 amide bonds. The molecule has 0 saturated heterocycles. The van der Waals surface area contributed by atoms with Gasteiger partial charge >= 0.3 is 0 Å². The van der Waals surface area contributed by atoms with Crippen LogP contribution in [0.5, 0.6) is 0 Å². The third kappa shape index (κ3) is 2.43. The first-order chi connectivity index (χ1) is 12.7. The van der Waals surface area contributed by atoms with E-state index >= 15 is 0 Å². The molecule has 0 aromatic heterocycles. The summed E-state index contributed by atoms with van der Waals surface area (Å²) in [5.74, 6) is 1.44. The first-order valence-electron chi connectivity index (χ1n) is 10.6. The number of rotatable bonds is 3. The highest BCUT2D eigenvalue weighted by Crippen LogP contribution is 2.69. The van der Waals surface area contributed by atoms with Gasteiger partial charge in [0.15, 0.2) is 5.78 Å². The molecule has 0 spiro atoms. The van der Waals surface area contributed by atoms with Crippen LogP contribution in [0.15, 0.2) is 36.0 Å². The highest BCUT2D eigenvalue weighted by molar-refractivity contribution is 5.93. The van der Waals surface area contributed by atoms with Gasteiger partial charge in [-0.05, 0) is 96.3 Å². The largest absolute Gasteiger partial charge is 0.396 e. The van der Waals surface area contributed by atoms with Crippen LogP contribution in [0.1, 0.15) is 65.2 Å². The third-order valence-electron chi connectivity index (χ3n) is 9.09. The molecule has 27 heavy (non-hydrogen) atoms. The number of aliphatic hydroxyl groups excluding tert-OH is 1. The molecule has 0 heterocycles. The Hall–Kier alpha value is -1.19. The van der Waals surface area contributed by atoms with Crippen molar-refractivity contribution < 1.29 is 15.0 Å². The molecular weight excluding hydrogens is 336 g/mol. The summed E-state index contributed by atoms with van der Waals surface area (Å²) in [6, 6.07) is 0. The van der Waals surface area contributed by atoms with Gasteiger partial charge in [-0.1, -0.05) is 27.0 Å². The minimum Gasteiger partial charge on any atom is -0.396 e. The summed E-state index contributed by atoms with van der Waals surface area (Å²) in [5.41, 5.74) is 2.38. The lowest BCUT2D eigenvalue weighted by Gasteiger charge is -2.60. The average Bonchev–Trinajstić information content (AvgIpc) is 2.91. The van der Waals surface area contributed by atoms with Gasteiger partial charge in [0.05, 0.1) is 5.60 Å². The number of hydrogen-bond acceptors (Lipinski definition) is 3. The molecule has 6 atom stereocenters. The van der Waals surface area contributed by atoms with Crippen LogP contribution in [0.3, 0.4) is 0 Å². The molecule has 0 bridgehead atoms. The Labute approximate surface area is 163 Å². The maximum Gasteiger partial charge on any atom is 0.156 e. The molecule has 4 aliphatic rings. The van der Waals surface area contributed by atoms with Crippen LogP contribution in [-0.4, -0.2) is 28.2 Å². The van der Waals surface area contributed by atoms with Gasteiger partial charge in [-0.3, -0.25) is 4.79 Å². The van der Waals surface area contributed by atoms with E-state index in [0.717, 1.165) is 48.8 Å². The number of carbonyl (C=O) groups is 1. The summed E-state index contributed by atoms with van der Waals surface area (Å²) in [7, 11) is 0. The zero-order chi connectivity index (χ0) is 19.6. The maximum atomic E-state index is 12.1. The molecule has 1 unspecified atom stereocenters. The van der Waals surface area contributed by atoms with Crippen LogP contribution < -0.4 is 0 Å². The fourth-order valence-corrected chi connectivity index (χ4v) is 7.34. The lowest BCUT2D eigenvalue weighted by molar-refractivity contribution is -0.124. The number of aliphatic hydroxyl groups is 2. The fourth-order valence-electron chi connectivity index (χ4n) is 7.34. The SMILES string of the molecule is C=C1C(=C)[C@@H]2[C@@H](CC[C@@]3(C)[C@H]2CCC3(O)CCCO)[C@@]2(C)CCC(=O)C=C12. The van der Waals surface area contributed by atoms with Crippen LogP contribution >= 0.6 is 0 Å². The average molecular weight is 371 g/mol. The van der Waals surface area contributed by atoms with E-state index in [4.69, 9.17) is 0 Å². The van der Waals surface area contributed by atoms with Crippen molar-refractivity contribution in [3.63, 3.8) is 0 Å². The van der Waals surface area contributed by atoms with E-state index in [1.54, 1.807) is 0 Å². The zero-order valence-corrected chi connectivity index (χ0v) is 16.9. The molecule has 4 aliphatic carbocycles. The van der Waals surface area contributed by atoms with Crippen molar-refractivity contribution in [2.45, 2.75) is 70.8 Å². The molecule has 2 N–H and O–H groups in total. The summed E-state index contributed by atoms with van der Waals surface area (Å²) in [6.45, 7) is 13.5. The van der Waals surface area contributed by atoms with E-state index in [9.17, 15) is 15.0 Å². The van der Waals surface area contributed by atoms with E-state index in [-0.39, 0.29) is 23.2 Å². The van der Waals surface area contributed by atoms with E-state index in [2.05, 4.69) is 27.0 Å². The Kier molecular flexibility index (Phi) is 4.36. The lowest BCUT2D eigenvalue weighted by Crippen LogP contribution is -2.55. The van der Waals surface area contributed by atoms with Crippen molar-refractivity contribution in [1.82, 2.24) is 0 Å². The Morgan fingerprint density at radius 2 is 1.85 bits per heavy atom. The predicted molar refractivity (Wildman–Crippen MR) is 107 cm³/mol. The minimum absolute atomic E-state index is 0.00395.